The zero-order valence-electron chi connectivity index (χ0n) is 12.1. The fraction of sp³-hybridized carbons (Fsp3) is 0.308. The average molecular weight is 366 g/mol. The number of halogens is 4. The van der Waals surface area contributed by atoms with Crippen molar-refractivity contribution in [2.45, 2.75) is 19.1 Å². The van der Waals surface area contributed by atoms with E-state index in [4.69, 9.17) is 21.8 Å². The Hall–Kier alpha value is -2.33. The fourth-order valence-electron chi connectivity index (χ4n) is 2.06. The highest BCUT2D eigenvalue weighted by atomic mass is 35.5. The van der Waals surface area contributed by atoms with Gasteiger partial charge in [0.05, 0.1) is 22.9 Å². The van der Waals surface area contributed by atoms with Crippen LogP contribution in [0.1, 0.15) is 21.7 Å². The molecule has 0 bridgehead atoms. The van der Waals surface area contributed by atoms with E-state index in [1.807, 2.05) is 5.32 Å². The number of imidazole rings is 1. The normalized spacial score (nSPS) is 13.1. The first-order valence-corrected chi connectivity index (χ1v) is 6.84. The minimum Gasteiger partial charge on any atom is -0.480 e. The number of carboxylic acid groups (broad SMARTS) is 1. The molecule has 0 aliphatic carbocycles. The van der Waals surface area contributed by atoms with Crippen LogP contribution in [0.5, 0.6) is 0 Å². The van der Waals surface area contributed by atoms with Crippen molar-refractivity contribution in [3.63, 3.8) is 0 Å². The van der Waals surface area contributed by atoms with Gasteiger partial charge in [0, 0.05) is 6.20 Å². The predicted molar refractivity (Wildman–Crippen MR) is 75.9 cm³/mol. The van der Waals surface area contributed by atoms with E-state index in [0.29, 0.717) is 12.3 Å². The van der Waals surface area contributed by atoms with E-state index in [1.54, 1.807) is 0 Å². The summed E-state index contributed by atoms with van der Waals surface area (Å²) in [6.07, 6.45) is -4.05. The van der Waals surface area contributed by atoms with Crippen LogP contribution in [0.25, 0.3) is 5.65 Å². The molecule has 1 amide bonds. The largest absolute Gasteiger partial charge is 0.480 e. The number of hydrogen-bond donors (Lipinski definition) is 3. The van der Waals surface area contributed by atoms with Crippen LogP contribution in [0.3, 0.4) is 0 Å². The lowest BCUT2D eigenvalue weighted by atomic mass is 10.2. The number of carboxylic acids is 1. The maximum absolute atomic E-state index is 12.9. The molecule has 2 aromatic heterocycles. The summed E-state index contributed by atoms with van der Waals surface area (Å²) in [4.78, 5) is 27.0. The third kappa shape index (κ3) is 3.29. The molecule has 0 spiro atoms. The monoisotopic (exact) mass is 365 g/mol. The number of carbonyl (C=O) groups is 2. The first kappa shape index (κ1) is 18.0. The molecule has 11 heteroatoms. The average Bonchev–Trinajstić information content (AvgIpc) is 2.80. The van der Waals surface area contributed by atoms with Crippen LogP contribution >= 0.6 is 11.6 Å². The number of nitrogens with one attached hydrogen (secondary N) is 1. The lowest BCUT2D eigenvalue weighted by Crippen LogP contribution is -2.43. The van der Waals surface area contributed by atoms with E-state index in [2.05, 4.69) is 4.98 Å². The highest BCUT2D eigenvalue weighted by Crippen LogP contribution is 2.33. The van der Waals surface area contributed by atoms with Gasteiger partial charge in [0.2, 0.25) is 0 Å². The molecule has 0 saturated carbocycles. The van der Waals surface area contributed by atoms with Crippen LogP contribution in [0.4, 0.5) is 13.2 Å². The van der Waals surface area contributed by atoms with Crippen LogP contribution in [-0.2, 0) is 11.0 Å². The number of nitrogens with zero attached hydrogens (tertiary/aromatic N) is 2. The molecule has 2 heterocycles. The van der Waals surface area contributed by atoms with Crippen molar-refractivity contribution in [3.8, 4) is 0 Å². The molecule has 0 aliphatic rings. The Labute approximate surface area is 137 Å². The van der Waals surface area contributed by atoms with Crippen molar-refractivity contribution < 1.29 is 33.0 Å². The first-order valence-electron chi connectivity index (χ1n) is 6.46. The van der Waals surface area contributed by atoms with E-state index in [0.717, 1.165) is 4.40 Å². The summed E-state index contributed by atoms with van der Waals surface area (Å²) < 4.78 is 39.5. The Morgan fingerprint density at radius 2 is 2.08 bits per heavy atom. The molecular formula is C13H11ClF3N3O4. The van der Waals surface area contributed by atoms with Crippen molar-refractivity contribution in [1.29, 1.82) is 0 Å². The van der Waals surface area contributed by atoms with E-state index in [1.165, 1.54) is 6.92 Å². The number of aliphatic carboxylic acids is 1. The Kier molecular flexibility index (Phi) is 4.72. The van der Waals surface area contributed by atoms with Crippen LogP contribution < -0.4 is 5.32 Å². The highest BCUT2D eigenvalue weighted by Gasteiger charge is 2.33. The van der Waals surface area contributed by atoms with E-state index >= 15 is 0 Å². The summed E-state index contributed by atoms with van der Waals surface area (Å²) in [6, 6.07) is -0.928. The van der Waals surface area contributed by atoms with Gasteiger partial charge in [-0.3, -0.25) is 9.20 Å². The molecule has 130 valence electrons. The molecule has 0 aromatic carbocycles. The summed E-state index contributed by atoms with van der Waals surface area (Å²) in [7, 11) is 0. The maximum Gasteiger partial charge on any atom is 0.417 e. The molecular weight excluding hydrogens is 355 g/mol. The minimum atomic E-state index is -4.70. The Morgan fingerprint density at radius 3 is 2.58 bits per heavy atom. The van der Waals surface area contributed by atoms with Gasteiger partial charge < -0.3 is 15.5 Å². The Balaban J connectivity index is 2.57. The Morgan fingerprint density at radius 1 is 1.46 bits per heavy atom. The molecule has 1 atom stereocenters. The molecule has 3 N–H and O–H groups in total. The quantitative estimate of drug-likeness (QED) is 0.761. The van der Waals surface area contributed by atoms with Gasteiger partial charge in [-0.25, -0.2) is 9.78 Å². The van der Waals surface area contributed by atoms with Gasteiger partial charge in [0.15, 0.2) is 11.7 Å². The van der Waals surface area contributed by atoms with Gasteiger partial charge in [-0.2, -0.15) is 13.2 Å². The second-order valence-corrected chi connectivity index (χ2v) is 5.27. The van der Waals surface area contributed by atoms with Crippen molar-refractivity contribution in [2.24, 2.45) is 0 Å². The molecule has 0 fully saturated rings. The summed E-state index contributed by atoms with van der Waals surface area (Å²) in [5.74, 6) is -2.50. The number of rotatable bonds is 4. The van der Waals surface area contributed by atoms with Gasteiger partial charge in [-0.05, 0) is 13.0 Å². The van der Waals surface area contributed by atoms with Gasteiger partial charge >= 0.3 is 12.1 Å². The van der Waals surface area contributed by atoms with Crippen molar-refractivity contribution in [2.75, 3.05) is 6.61 Å². The lowest BCUT2D eigenvalue weighted by molar-refractivity contribution is -0.140. The van der Waals surface area contributed by atoms with E-state index in [9.17, 15) is 22.8 Å². The molecule has 7 nitrogen and oxygen atoms in total. The van der Waals surface area contributed by atoms with Gasteiger partial charge in [-0.1, -0.05) is 11.6 Å². The lowest BCUT2D eigenvalue weighted by Gasteiger charge is -2.13. The summed E-state index contributed by atoms with van der Waals surface area (Å²) in [5, 5.41) is 19.5. The van der Waals surface area contributed by atoms with Crippen LogP contribution in [0, 0.1) is 6.92 Å². The number of aliphatic hydroxyl groups excluding tert-OH is 1. The number of alkyl halides is 3. The second kappa shape index (κ2) is 6.29. The molecule has 0 radical (unpaired) electrons. The van der Waals surface area contributed by atoms with Crippen LogP contribution in [0.2, 0.25) is 5.02 Å². The minimum absolute atomic E-state index is 0.0517. The third-order valence-electron chi connectivity index (χ3n) is 3.18. The van der Waals surface area contributed by atoms with Gasteiger partial charge in [-0.15, -0.1) is 0 Å². The van der Waals surface area contributed by atoms with Crippen LogP contribution in [0.15, 0.2) is 12.3 Å². The smallest absolute Gasteiger partial charge is 0.417 e. The zero-order valence-corrected chi connectivity index (χ0v) is 12.8. The fourth-order valence-corrected chi connectivity index (χ4v) is 2.31. The molecule has 2 rings (SSSR count). The van der Waals surface area contributed by atoms with Crippen molar-refractivity contribution in [1.82, 2.24) is 14.7 Å². The zero-order chi connectivity index (χ0) is 18.2. The predicted octanol–water partition coefficient (Wildman–Crippen LogP) is 1.49. The Bertz CT molecular complexity index is 819. The molecule has 0 saturated heterocycles. The molecule has 24 heavy (non-hydrogen) atoms. The second-order valence-electron chi connectivity index (χ2n) is 4.86. The number of amides is 1. The number of hydrogen-bond acceptors (Lipinski definition) is 4. The van der Waals surface area contributed by atoms with Crippen molar-refractivity contribution in [3.05, 3.63) is 34.2 Å². The number of aryl methyl sites for hydroxylation is 1. The van der Waals surface area contributed by atoms with Crippen molar-refractivity contribution >= 4 is 29.1 Å². The third-order valence-corrected chi connectivity index (χ3v) is 3.46. The maximum atomic E-state index is 12.9. The summed E-state index contributed by atoms with van der Waals surface area (Å²) in [5.41, 5.74) is -1.43. The number of fused-ring (bicyclic) bond motifs is 1. The number of carbonyl (C=O) groups excluding carboxylic acids is 1. The SMILES string of the molecule is Cc1nc2c(Cl)cc(C(F)(F)F)cn2c1C(=O)NC(CO)C(=O)O. The van der Waals surface area contributed by atoms with Gasteiger partial charge in [0.25, 0.3) is 5.91 Å². The topological polar surface area (TPSA) is 104 Å². The first-order chi connectivity index (χ1) is 11.1. The summed E-state index contributed by atoms with van der Waals surface area (Å²) in [6.45, 7) is 0.478. The summed E-state index contributed by atoms with van der Waals surface area (Å²) >= 11 is 5.79. The number of pyridine rings is 1. The van der Waals surface area contributed by atoms with Gasteiger partial charge in [0.1, 0.15) is 5.69 Å². The molecule has 0 aliphatic heterocycles. The number of aromatic nitrogens is 2. The van der Waals surface area contributed by atoms with E-state index < -0.39 is 36.3 Å². The number of aliphatic hydroxyl groups is 1. The highest BCUT2D eigenvalue weighted by molar-refractivity contribution is 6.33. The standard InChI is InChI=1S/C13H11ClF3N3O4/c1-5-9(11(22)19-8(4-21)12(23)24)20-3-6(13(15,16)17)2-7(14)10(20)18-5/h2-3,8,21H,4H2,1H3,(H,19,22)(H,23,24). The molecule has 2 aromatic rings. The molecule has 1 unspecified atom stereocenters. The van der Waals surface area contributed by atoms with Crippen LogP contribution in [-0.4, -0.2) is 44.1 Å². The van der Waals surface area contributed by atoms with E-state index in [-0.39, 0.29) is 22.1 Å².